The van der Waals surface area contributed by atoms with E-state index in [2.05, 4.69) is 42.3 Å². The van der Waals surface area contributed by atoms with Crippen LogP contribution >= 0.6 is 0 Å². The molecular formula is C15H24N2. The van der Waals surface area contributed by atoms with Crippen LogP contribution in [-0.2, 0) is 12.8 Å². The summed E-state index contributed by atoms with van der Waals surface area (Å²) in [6.07, 6.45) is 3.55. The highest BCUT2D eigenvalue weighted by Crippen LogP contribution is 2.30. The van der Waals surface area contributed by atoms with Crippen molar-refractivity contribution in [3.8, 4) is 0 Å². The highest BCUT2D eigenvalue weighted by molar-refractivity contribution is 5.86. The zero-order chi connectivity index (χ0) is 11.8. The van der Waals surface area contributed by atoms with Gasteiger partial charge in [0.1, 0.15) is 0 Å². The van der Waals surface area contributed by atoms with Gasteiger partial charge in [-0.1, -0.05) is 20.3 Å². The van der Waals surface area contributed by atoms with Crippen LogP contribution in [0.2, 0.25) is 0 Å². The van der Waals surface area contributed by atoms with Crippen molar-refractivity contribution in [1.29, 1.82) is 0 Å². The number of hydrogen-bond donors (Lipinski definition) is 2. The Morgan fingerprint density at radius 3 is 2.94 bits per heavy atom. The van der Waals surface area contributed by atoms with Crippen LogP contribution in [0.1, 0.15) is 34.4 Å². The first-order chi connectivity index (χ1) is 8.30. The second kappa shape index (κ2) is 4.10. The second-order valence-corrected chi connectivity index (χ2v) is 5.10. The molecule has 0 saturated carbocycles. The molecule has 3 rings (SSSR count). The van der Waals surface area contributed by atoms with Crippen LogP contribution in [0.3, 0.4) is 0 Å². The van der Waals surface area contributed by atoms with Crippen molar-refractivity contribution in [2.45, 2.75) is 33.1 Å². The minimum absolute atomic E-state index is 0. The van der Waals surface area contributed by atoms with E-state index in [1.807, 2.05) is 0 Å². The molecule has 1 aromatic heterocycles. The molecule has 1 aromatic carbocycles. The molecule has 2 N–H and O–H groups in total. The van der Waals surface area contributed by atoms with Crippen LogP contribution in [0.5, 0.6) is 0 Å². The van der Waals surface area contributed by atoms with Gasteiger partial charge in [-0.3, -0.25) is 0 Å². The van der Waals surface area contributed by atoms with Crippen LogP contribution in [0.15, 0.2) is 18.2 Å². The van der Waals surface area contributed by atoms with Crippen molar-refractivity contribution in [2.24, 2.45) is 5.92 Å². The first-order valence-electron chi connectivity index (χ1n) is 6.68. The van der Waals surface area contributed by atoms with E-state index in [4.69, 9.17) is 0 Å². The van der Waals surface area contributed by atoms with E-state index in [1.54, 1.807) is 0 Å². The lowest BCUT2D eigenvalue weighted by atomic mass is 9.91. The van der Waals surface area contributed by atoms with Crippen molar-refractivity contribution in [1.82, 2.24) is 4.98 Å². The van der Waals surface area contributed by atoms with E-state index in [9.17, 15) is 0 Å². The molecule has 0 saturated heterocycles. The first-order valence-corrected chi connectivity index (χ1v) is 6.68. The molecule has 2 aromatic rings. The van der Waals surface area contributed by atoms with Gasteiger partial charge in [0.25, 0.3) is 0 Å². The zero-order valence-electron chi connectivity index (χ0n) is 10.6. The summed E-state index contributed by atoms with van der Waals surface area (Å²) < 4.78 is 0. The summed E-state index contributed by atoms with van der Waals surface area (Å²) in [5.41, 5.74) is 5.43. The van der Waals surface area contributed by atoms with Gasteiger partial charge in [0.15, 0.2) is 0 Å². The van der Waals surface area contributed by atoms with Crippen molar-refractivity contribution in [3.63, 3.8) is 0 Å². The SMILES string of the molecule is CCc1cc2cc3c(cc2[nH]1)CC(CC)CN3.[HH].[HH]. The maximum Gasteiger partial charge on any atom is 0.0460 e. The Morgan fingerprint density at radius 1 is 1.29 bits per heavy atom. The van der Waals surface area contributed by atoms with Crippen molar-refractivity contribution >= 4 is 16.6 Å². The van der Waals surface area contributed by atoms with Crippen molar-refractivity contribution < 1.29 is 2.85 Å². The average molecular weight is 232 g/mol. The number of H-pyrrole nitrogens is 1. The summed E-state index contributed by atoms with van der Waals surface area (Å²) in [7, 11) is 0. The second-order valence-electron chi connectivity index (χ2n) is 5.10. The number of anilines is 1. The smallest absolute Gasteiger partial charge is 0.0460 e. The van der Waals surface area contributed by atoms with Gasteiger partial charge >= 0.3 is 0 Å². The number of hydrogen-bond acceptors (Lipinski definition) is 1. The molecule has 2 heterocycles. The standard InChI is InChI=1S/C15H20N2.2H2/c1-3-10-5-11-8-15-12(6-13(4-2)17-15)7-14(11)16-9-10;;/h6-8,10,16-17H,3-5,9H2,1-2H3;2*1H. The minimum Gasteiger partial charge on any atom is -0.385 e. The number of aromatic nitrogens is 1. The molecule has 0 fully saturated rings. The fourth-order valence-electron chi connectivity index (χ4n) is 2.74. The maximum absolute atomic E-state index is 3.57. The van der Waals surface area contributed by atoms with Crippen LogP contribution in [0.25, 0.3) is 10.9 Å². The van der Waals surface area contributed by atoms with Gasteiger partial charge in [-0.25, -0.2) is 0 Å². The Balaban J connectivity index is 0.000000902. The lowest BCUT2D eigenvalue weighted by molar-refractivity contribution is 0.521. The van der Waals surface area contributed by atoms with Crippen LogP contribution in [-0.4, -0.2) is 11.5 Å². The number of rotatable bonds is 2. The van der Waals surface area contributed by atoms with E-state index in [0.717, 1.165) is 18.9 Å². The summed E-state index contributed by atoms with van der Waals surface area (Å²) in [6.45, 7) is 5.59. The summed E-state index contributed by atoms with van der Waals surface area (Å²) >= 11 is 0. The van der Waals surface area contributed by atoms with Crippen LogP contribution in [0.4, 0.5) is 5.69 Å². The van der Waals surface area contributed by atoms with Crippen LogP contribution < -0.4 is 5.32 Å². The van der Waals surface area contributed by atoms with E-state index in [0.29, 0.717) is 0 Å². The predicted molar refractivity (Wildman–Crippen MR) is 77.9 cm³/mol. The monoisotopic (exact) mass is 232 g/mol. The summed E-state index contributed by atoms with van der Waals surface area (Å²) in [4.78, 5) is 3.50. The normalized spacial score (nSPS) is 19.1. The van der Waals surface area contributed by atoms with Gasteiger partial charge in [-0.15, -0.1) is 0 Å². The summed E-state index contributed by atoms with van der Waals surface area (Å²) in [5, 5.41) is 4.91. The first kappa shape index (κ1) is 10.7. The topological polar surface area (TPSA) is 27.8 Å². The molecule has 0 amide bonds. The Bertz CT molecular complexity index is 548. The van der Waals surface area contributed by atoms with Gasteiger partial charge in [0, 0.05) is 31.7 Å². The third-order valence-corrected chi connectivity index (χ3v) is 3.95. The Hall–Kier alpha value is -1.44. The van der Waals surface area contributed by atoms with Gasteiger partial charge in [-0.05, 0) is 42.5 Å². The van der Waals surface area contributed by atoms with Crippen molar-refractivity contribution in [2.75, 3.05) is 11.9 Å². The van der Waals surface area contributed by atoms with E-state index < -0.39 is 0 Å². The van der Waals surface area contributed by atoms with Crippen molar-refractivity contribution in [3.05, 3.63) is 29.5 Å². The largest absolute Gasteiger partial charge is 0.385 e. The zero-order valence-corrected chi connectivity index (χ0v) is 10.6. The molecule has 0 radical (unpaired) electrons. The molecular weight excluding hydrogens is 208 g/mol. The van der Waals surface area contributed by atoms with Crippen LogP contribution in [0, 0.1) is 5.92 Å². The molecule has 1 aliphatic heterocycles. The molecule has 0 spiro atoms. The Morgan fingerprint density at radius 2 is 2.18 bits per heavy atom. The molecule has 94 valence electrons. The quantitative estimate of drug-likeness (QED) is 0.797. The fourth-order valence-corrected chi connectivity index (χ4v) is 2.74. The average Bonchev–Trinajstić information content (AvgIpc) is 2.77. The van der Waals surface area contributed by atoms with Gasteiger partial charge < -0.3 is 10.3 Å². The molecule has 17 heavy (non-hydrogen) atoms. The number of nitrogens with one attached hydrogen (secondary N) is 2. The lowest BCUT2D eigenvalue weighted by Crippen LogP contribution is -2.22. The van der Waals surface area contributed by atoms with E-state index in [-0.39, 0.29) is 2.85 Å². The molecule has 0 bridgehead atoms. The molecule has 2 heteroatoms. The summed E-state index contributed by atoms with van der Waals surface area (Å²) in [6, 6.07) is 6.90. The highest BCUT2D eigenvalue weighted by Gasteiger charge is 2.17. The van der Waals surface area contributed by atoms with Gasteiger partial charge in [-0.2, -0.15) is 0 Å². The number of aryl methyl sites for hydroxylation is 1. The fraction of sp³-hybridized carbons (Fsp3) is 0.467. The molecule has 1 unspecified atom stereocenters. The van der Waals surface area contributed by atoms with E-state index in [1.165, 1.54) is 40.7 Å². The molecule has 1 atom stereocenters. The lowest BCUT2D eigenvalue weighted by Gasteiger charge is -2.25. The minimum atomic E-state index is 0. The Labute approximate surface area is 105 Å². The maximum atomic E-state index is 3.57. The molecule has 2 nitrogen and oxygen atoms in total. The number of benzene rings is 1. The third kappa shape index (κ3) is 1.82. The summed E-state index contributed by atoms with van der Waals surface area (Å²) in [5.74, 6) is 0.792. The molecule has 1 aliphatic rings. The predicted octanol–water partition coefficient (Wildman–Crippen LogP) is 4.22. The third-order valence-electron chi connectivity index (χ3n) is 3.95. The number of aromatic amines is 1. The number of fused-ring (bicyclic) bond motifs is 2. The van der Waals surface area contributed by atoms with Gasteiger partial charge in [0.2, 0.25) is 0 Å². The highest BCUT2D eigenvalue weighted by atomic mass is 14.9. The van der Waals surface area contributed by atoms with Gasteiger partial charge in [0.05, 0.1) is 0 Å². The Kier molecular flexibility index (Phi) is 2.58. The van der Waals surface area contributed by atoms with E-state index >= 15 is 0 Å². The molecule has 0 aliphatic carbocycles.